The Hall–Kier alpha value is -3.40. The third-order valence-corrected chi connectivity index (χ3v) is 4.57. The molecule has 0 saturated heterocycles. The predicted octanol–water partition coefficient (Wildman–Crippen LogP) is 3.42. The molecular formula is C22H26N4O3. The molecule has 2 amide bonds. The number of anilines is 2. The molecule has 2 aromatic rings. The average Bonchev–Trinajstić information content (AvgIpc) is 2.62. The van der Waals surface area contributed by atoms with Crippen molar-refractivity contribution >= 4 is 23.2 Å². The number of benzene rings is 1. The van der Waals surface area contributed by atoms with Crippen LogP contribution in [0.3, 0.4) is 0 Å². The second-order valence-electron chi connectivity index (χ2n) is 7.44. The first-order valence-electron chi connectivity index (χ1n) is 9.53. The number of hydrogen-bond acceptors (Lipinski definition) is 4. The summed E-state index contributed by atoms with van der Waals surface area (Å²) < 4.78 is 0. The Morgan fingerprint density at radius 3 is 2.14 bits per heavy atom. The summed E-state index contributed by atoms with van der Waals surface area (Å²) in [5.41, 5.74) is 3.07. The van der Waals surface area contributed by atoms with Crippen LogP contribution in [-0.4, -0.2) is 16.8 Å². The van der Waals surface area contributed by atoms with E-state index in [1.54, 1.807) is 38.1 Å². The van der Waals surface area contributed by atoms with E-state index < -0.39 is 5.56 Å². The first-order chi connectivity index (χ1) is 13.7. The van der Waals surface area contributed by atoms with Gasteiger partial charge in [0, 0.05) is 29.9 Å². The second kappa shape index (κ2) is 9.69. The summed E-state index contributed by atoms with van der Waals surface area (Å²) in [6, 6.07) is 8.85. The molecule has 29 heavy (non-hydrogen) atoms. The zero-order valence-electron chi connectivity index (χ0n) is 17.2. The molecule has 0 radical (unpaired) electrons. The van der Waals surface area contributed by atoms with Gasteiger partial charge in [-0.25, -0.2) is 0 Å². The Morgan fingerprint density at radius 2 is 1.62 bits per heavy atom. The molecule has 7 heteroatoms. The number of nitrogens with one attached hydrogen (secondary N) is 3. The number of amides is 2. The number of carbonyl (C=O) groups is 2. The van der Waals surface area contributed by atoms with Gasteiger partial charge in [0.15, 0.2) is 0 Å². The number of aromatic amines is 1. The molecule has 152 valence electrons. The lowest BCUT2D eigenvalue weighted by Crippen LogP contribution is -2.18. The number of rotatable bonds is 7. The second-order valence-corrected chi connectivity index (χ2v) is 7.44. The molecule has 2 rings (SSSR count). The first-order valence-corrected chi connectivity index (χ1v) is 9.53. The highest BCUT2D eigenvalue weighted by Crippen LogP contribution is 2.17. The van der Waals surface area contributed by atoms with E-state index in [2.05, 4.69) is 15.6 Å². The molecule has 0 atom stereocenters. The van der Waals surface area contributed by atoms with E-state index in [1.807, 2.05) is 19.9 Å². The van der Waals surface area contributed by atoms with Gasteiger partial charge in [-0.15, -0.1) is 0 Å². The molecule has 0 bridgehead atoms. The molecule has 7 nitrogen and oxygen atoms in total. The van der Waals surface area contributed by atoms with Crippen molar-refractivity contribution in [1.82, 2.24) is 4.98 Å². The van der Waals surface area contributed by atoms with Crippen LogP contribution in [0.2, 0.25) is 0 Å². The van der Waals surface area contributed by atoms with Crippen molar-refractivity contribution in [1.29, 1.82) is 5.26 Å². The maximum absolute atomic E-state index is 12.3. The fourth-order valence-electron chi connectivity index (χ4n) is 3.10. The van der Waals surface area contributed by atoms with Gasteiger partial charge in [-0.2, -0.15) is 5.26 Å². The van der Waals surface area contributed by atoms with Crippen molar-refractivity contribution in [2.75, 3.05) is 10.6 Å². The third-order valence-electron chi connectivity index (χ3n) is 4.57. The van der Waals surface area contributed by atoms with Crippen LogP contribution in [0.4, 0.5) is 11.4 Å². The van der Waals surface area contributed by atoms with E-state index in [0.717, 1.165) is 5.56 Å². The van der Waals surface area contributed by atoms with Crippen LogP contribution in [0.15, 0.2) is 29.1 Å². The summed E-state index contributed by atoms with van der Waals surface area (Å²) in [6.45, 7) is 7.44. The molecule has 0 saturated carbocycles. The van der Waals surface area contributed by atoms with E-state index >= 15 is 0 Å². The average molecular weight is 394 g/mol. The lowest BCUT2D eigenvalue weighted by atomic mass is 9.99. The summed E-state index contributed by atoms with van der Waals surface area (Å²) in [6.07, 6.45) is 1.08. The number of aryl methyl sites for hydroxylation is 1. The highest BCUT2D eigenvalue weighted by molar-refractivity contribution is 5.93. The third kappa shape index (κ3) is 6.04. The zero-order valence-corrected chi connectivity index (χ0v) is 17.2. The SMILES string of the molecule is Cc1[nH]c(=O)c(C#N)c(C)c1CCC(=O)Nc1ccc(NC(=O)CC(C)C)cc1. The quantitative estimate of drug-likeness (QED) is 0.667. The van der Waals surface area contributed by atoms with E-state index in [4.69, 9.17) is 5.26 Å². The van der Waals surface area contributed by atoms with E-state index in [0.29, 0.717) is 35.5 Å². The maximum atomic E-state index is 12.3. The van der Waals surface area contributed by atoms with Crippen LogP contribution in [0.5, 0.6) is 0 Å². The smallest absolute Gasteiger partial charge is 0.266 e. The van der Waals surface area contributed by atoms with E-state index in [-0.39, 0.29) is 29.7 Å². The number of hydrogen-bond donors (Lipinski definition) is 3. The summed E-state index contributed by atoms with van der Waals surface area (Å²) in [4.78, 5) is 38.5. The van der Waals surface area contributed by atoms with Crippen molar-refractivity contribution in [3.8, 4) is 6.07 Å². The lowest BCUT2D eigenvalue weighted by molar-refractivity contribution is -0.117. The van der Waals surface area contributed by atoms with Crippen LogP contribution in [0, 0.1) is 31.1 Å². The summed E-state index contributed by atoms with van der Waals surface area (Å²) in [5.74, 6) is 0.0674. The molecule has 0 spiro atoms. The monoisotopic (exact) mass is 394 g/mol. The van der Waals surface area contributed by atoms with Crippen molar-refractivity contribution < 1.29 is 9.59 Å². The van der Waals surface area contributed by atoms with Crippen molar-refractivity contribution in [2.45, 2.75) is 47.0 Å². The first kappa shape index (κ1) is 21.9. The summed E-state index contributed by atoms with van der Waals surface area (Å²) in [7, 11) is 0. The van der Waals surface area contributed by atoms with E-state index in [9.17, 15) is 14.4 Å². The van der Waals surface area contributed by atoms with Gasteiger partial charge in [-0.05, 0) is 61.6 Å². The van der Waals surface area contributed by atoms with Gasteiger partial charge >= 0.3 is 0 Å². The number of carbonyl (C=O) groups excluding carboxylic acids is 2. The number of aromatic nitrogens is 1. The maximum Gasteiger partial charge on any atom is 0.266 e. The molecule has 3 N–H and O–H groups in total. The number of pyridine rings is 1. The molecule has 1 aromatic carbocycles. The Kier molecular flexibility index (Phi) is 7.32. The van der Waals surface area contributed by atoms with Crippen LogP contribution in [0.25, 0.3) is 0 Å². The van der Waals surface area contributed by atoms with Crippen LogP contribution in [0.1, 0.15) is 49.1 Å². The predicted molar refractivity (Wildman–Crippen MR) is 113 cm³/mol. The number of nitrogens with zero attached hydrogens (tertiary/aromatic N) is 1. The highest BCUT2D eigenvalue weighted by atomic mass is 16.2. The molecule has 0 aliphatic rings. The topological polar surface area (TPSA) is 115 Å². The van der Waals surface area contributed by atoms with Gasteiger partial charge in [0.1, 0.15) is 11.6 Å². The van der Waals surface area contributed by atoms with Crippen molar-refractivity contribution in [3.05, 3.63) is 57.0 Å². The standard InChI is InChI=1S/C22H26N4O3/c1-13(2)11-21(28)26-17-7-5-16(6-8-17)25-20(27)10-9-18-14(3)19(12-23)22(29)24-15(18)4/h5-8,13H,9-11H2,1-4H3,(H,24,29)(H,25,27)(H,26,28). The van der Waals surface area contributed by atoms with Crippen molar-refractivity contribution in [2.24, 2.45) is 5.92 Å². The number of nitriles is 1. The number of H-pyrrole nitrogens is 1. The van der Waals surface area contributed by atoms with Gasteiger partial charge in [0.2, 0.25) is 11.8 Å². The molecular weight excluding hydrogens is 368 g/mol. The Morgan fingerprint density at radius 1 is 1.07 bits per heavy atom. The lowest BCUT2D eigenvalue weighted by Gasteiger charge is -2.11. The Bertz CT molecular complexity index is 998. The van der Waals surface area contributed by atoms with Crippen LogP contribution >= 0.6 is 0 Å². The van der Waals surface area contributed by atoms with Gasteiger partial charge in [-0.3, -0.25) is 14.4 Å². The minimum absolute atomic E-state index is 0.0415. The molecule has 0 unspecified atom stereocenters. The van der Waals surface area contributed by atoms with Gasteiger partial charge in [0.05, 0.1) is 0 Å². The minimum atomic E-state index is -0.406. The fourth-order valence-corrected chi connectivity index (χ4v) is 3.10. The fraction of sp³-hybridized carbons (Fsp3) is 0.364. The normalized spacial score (nSPS) is 10.5. The molecule has 0 fully saturated rings. The molecule has 0 aliphatic carbocycles. The van der Waals surface area contributed by atoms with Gasteiger partial charge in [0.25, 0.3) is 5.56 Å². The van der Waals surface area contributed by atoms with Crippen LogP contribution < -0.4 is 16.2 Å². The Labute approximate surface area is 170 Å². The van der Waals surface area contributed by atoms with Crippen molar-refractivity contribution in [3.63, 3.8) is 0 Å². The van der Waals surface area contributed by atoms with Gasteiger partial charge in [-0.1, -0.05) is 13.8 Å². The molecule has 0 aliphatic heterocycles. The van der Waals surface area contributed by atoms with Crippen LogP contribution in [-0.2, 0) is 16.0 Å². The minimum Gasteiger partial charge on any atom is -0.326 e. The summed E-state index contributed by atoms with van der Waals surface area (Å²) >= 11 is 0. The molecule has 1 aromatic heterocycles. The summed E-state index contributed by atoms with van der Waals surface area (Å²) in [5, 5.41) is 14.8. The zero-order chi connectivity index (χ0) is 21.6. The van der Waals surface area contributed by atoms with E-state index in [1.165, 1.54) is 0 Å². The van der Waals surface area contributed by atoms with Gasteiger partial charge < -0.3 is 15.6 Å². The molecule has 1 heterocycles. The highest BCUT2D eigenvalue weighted by Gasteiger charge is 2.13. The largest absolute Gasteiger partial charge is 0.326 e. The Balaban J connectivity index is 1.96.